The van der Waals surface area contributed by atoms with E-state index in [9.17, 15) is 14.4 Å². The summed E-state index contributed by atoms with van der Waals surface area (Å²) in [5, 5.41) is 0. The summed E-state index contributed by atoms with van der Waals surface area (Å²) in [7, 11) is 0. The first kappa shape index (κ1) is 20.8. The molecule has 0 radical (unpaired) electrons. The molecule has 0 aliphatic rings. The molecule has 1 aromatic carbocycles. The van der Waals surface area contributed by atoms with Crippen LogP contribution in [0.5, 0.6) is 0 Å². The van der Waals surface area contributed by atoms with Crippen molar-refractivity contribution in [3.05, 3.63) is 34.3 Å². The fraction of sp³-hybridized carbons (Fsp3) is 0.550. The molecule has 24 heavy (non-hydrogen) atoms. The van der Waals surface area contributed by atoms with Crippen molar-refractivity contribution in [3.8, 4) is 0 Å². The summed E-state index contributed by atoms with van der Waals surface area (Å²) in [6.45, 7) is 5.66. The average Bonchev–Trinajstić information content (AvgIpc) is 2.51. The first-order valence-electron chi connectivity index (χ1n) is 8.56. The summed E-state index contributed by atoms with van der Waals surface area (Å²) in [6.07, 6.45) is 2.79. The van der Waals surface area contributed by atoms with E-state index in [1.165, 1.54) is 6.92 Å². The zero-order chi connectivity index (χ0) is 18.1. The van der Waals surface area contributed by atoms with E-state index in [0.717, 1.165) is 16.5 Å². The van der Waals surface area contributed by atoms with Crippen molar-refractivity contribution in [1.29, 1.82) is 0 Å². The Hall–Kier alpha value is -1.29. The van der Waals surface area contributed by atoms with E-state index in [1.54, 1.807) is 0 Å². The van der Waals surface area contributed by atoms with Crippen LogP contribution in [0, 0.1) is 11.8 Å². The Labute approximate surface area is 153 Å². The molecule has 0 fully saturated rings. The lowest BCUT2D eigenvalue weighted by Crippen LogP contribution is -2.19. The number of hydrogen-bond donors (Lipinski definition) is 0. The number of rotatable bonds is 11. The molecule has 1 rings (SSSR count). The van der Waals surface area contributed by atoms with Gasteiger partial charge < -0.3 is 4.79 Å². The second kappa shape index (κ2) is 10.5. The van der Waals surface area contributed by atoms with E-state index < -0.39 is 0 Å². The lowest BCUT2D eigenvalue weighted by Gasteiger charge is -2.17. The highest BCUT2D eigenvalue weighted by Gasteiger charge is 2.21. The van der Waals surface area contributed by atoms with Gasteiger partial charge >= 0.3 is 0 Å². The lowest BCUT2D eigenvalue weighted by molar-refractivity contribution is -0.127. The molecule has 1 unspecified atom stereocenters. The number of benzene rings is 1. The highest BCUT2D eigenvalue weighted by molar-refractivity contribution is 9.10. The van der Waals surface area contributed by atoms with Crippen molar-refractivity contribution in [2.75, 3.05) is 0 Å². The molecule has 0 N–H and O–H groups in total. The van der Waals surface area contributed by atoms with Gasteiger partial charge in [0.2, 0.25) is 0 Å². The van der Waals surface area contributed by atoms with E-state index in [1.807, 2.05) is 24.3 Å². The molecular formula is C20H27BrO3. The van der Waals surface area contributed by atoms with Gasteiger partial charge in [0, 0.05) is 36.1 Å². The van der Waals surface area contributed by atoms with Gasteiger partial charge in [0.25, 0.3) is 0 Å². The van der Waals surface area contributed by atoms with Crippen LogP contribution in [0.2, 0.25) is 0 Å². The fourth-order valence-corrected chi connectivity index (χ4v) is 3.00. The van der Waals surface area contributed by atoms with Crippen LogP contribution in [-0.4, -0.2) is 17.3 Å². The van der Waals surface area contributed by atoms with Gasteiger partial charge in [-0.2, -0.15) is 0 Å². The SMILES string of the molecule is CC(=O)CCC(=O)C(CCC(=O)Cc1ccc(Br)cc1)CC(C)C. The molecule has 0 heterocycles. The van der Waals surface area contributed by atoms with Crippen molar-refractivity contribution in [2.24, 2.45) is 11.8 Å². The number of carbonyl (C=O) groups is 3. The highest BCUT2D eigenvalue weighted by Crippen LogP contribution is 2.21. The maximum atomic E-state index is 12.3. The van der Waals surface area contributed by atoms with E-state index in [4.69, 9.17) is 0 Å². The standard InChI is InChI=1S/C20H27BrO3/c1-14(2)12-17(20(24)11-4-15(3)22)7-10-19(23)13-16-5-8-18(21)9-6-16/h5-6,8-9,14,17H,4,7,10-13H2,1-3H3. The average molecular weight is 395 g/mol. The topological polar surface area (TPSA) is 51.2 Å². The Kier molecular flexibility index (Phi) is 9.12. The third kappa shape index (κ3) is 8.53. The van der Waals surface area contributed by atoms with Gasteiger partial charge in [-0.15, -0.1) is 0 Å². The minimum Gasteiger partial charge on any atom is -0.300 e. The second-order valence-electron chi connectivity index (χ2n) is 6.88. The van der Waals surface area contributed by atoms with E-state index in [-0.39, 0.29) is 23.3 Å². The maximum absolute atomic E-state index is 12.3. The number of Topliss-reactive ketones (excluding diaryl/α,β-unsaturated/α-hetero) is 3. The predicted octanol–water partition coefficient (Wildman–Crippen LogP) is 4.94. The lowest BCUT2D eigenvalue weighted by atomic mass is 9.86. The molecular weight excluding hydrogens is 368 g/mol. The third-order valence-corrected chi connectivity index (χ3v) is 4.55. The van der Waals surface area contributed by atoms with Gasteiger partial charge in [-0.1, -0.05) is 41.9 Å². The smallest absolute Gasteiger partial charge is 0.137 e. The highest BCUT2D eigenvalue weighted by atomic mass is 79.9. The van der Waals surface area contributed by atoms with Crippen LogP contribution in [0.1, 0.15) is 58.4 Å². The number of carbonyl (C=O) groups excluding carboxylic acids is 3. The van der Waals surface area contributed by atoms with E-state index in [2.05, 4.69) is 29.8 Å². The largest absolute Gasteiger partial charge is 0.300 e. The van der Waals surface area contributed by atoms with Crippen molar-refractivity contribution in [3.63, 3.8) is 0 Å². The Morgan fingerprint density at radius 1 is 1.00 bits per heavy atom. The van der Waals surface area contributed by atoms with Crippen LogP contribution in [0.4, 0.5) is 0 Å². The van der Waals surface area contributed by atoms with Crippen molar-refractivity contribution < 1.29 is 14.4 Å². The second-order valence-corrected chi connectivity index (χ2v) is 7.79. The first-order chi connectivity index (χ1) is 11.3. The van der Waals surface area contributed by atoms with Gasteiger partial charge in [-0.05, 0) is 43.4 Å². The number of ketones is 3. The minimum atomic E-state index is -0.113. The quantitative estimate of drug-likeness (QED) is 0.533. The predicted molar refractivity (Wildman–Crippen MR) is 100.0 cm³/mol. The summed E-state index contributed by atoms with van der Waals surface area (Å²) in [4.78, 5) is 35.6. The molecule has 132 valence electrons. The molecule has 0 spiro atoms. The molecule has 3 nitrogen and oxygen atoms in total. The van der Waals surface area contributed by atoms with Crippen LogP contribution in [0.15, 0.2) is 28.7 Å². The maximum Gasteiger partial charge on any atom is 0.137 e. The summed E-state index contributed by atoms with van der Waals surface area (Å²) in [6, 6.07) is 7.72. The van der Waals surface area contributed by atoms with Crippen LogP contribution in [0.25, 0.3) is 0 Å². The monoisotopic (exact) mass is 394 g/mol. The minimum absolute atomic E-state index is 0.0398. The summed E-state index contributed by atoms with van der Waals surface area (Å²) in [5.74, 6) is 0.606. The normalized spacial score (nSPS) is 12.2. The van der Waals surface area contributed by atoms with Crippen molar-refractivity contribution in [2.45, 2.75) is 59.3 Å². The molecule has 0 saturated carbocycles. The molecule has 1 aromatic rings. The summed E-state index contributed by atoms with van der Waals surface area (Å²) in [5.41, 5.74) is 0.992. The van der Waals surface area contributed by atoms with Gasteiger partial charge in [-0.3, -0.25) is 9.59 Å². The molecule has 0 bridgehead atoms. The summed E-state index contributed by atoms with van der Waals surface area (Å²) >= 11 is 3.38. The fourth-order valence-electron chi connectivity index (χ4n) is 2.74. The Morgan fingerprint density at radius 3 is 2.17 bits per heavy atom. The summed E-state index contributed by atoms with van der Waals surface area (Å²) < 4.78 is 0.992. The molecule has 0 amide bonds. The van der Waals surface area contributed by atoms with Crippen molar-refractivity contribution in [1.82, 2.24) is 0 Å². The third-order valence-electron chi connectivity index (χ3n) is 4.02. The van der Waals surface area contributed by atoms with Gasteiger partial charge in [0.15, 0.2) is 0 Å². The van der Waals surface area contributed by atoms with E-state index >= 15 is 0 Å². The first-order valence-corrected chi connectivity index (χ1v) is 9.35. The van der Waals surface area contributed by atoms with Gasteiger partial charge in [-0.25, -0.2) is 0 Å². The molecule has 0 aliphatic heterocycles. The van der Waals surface area contributed by atoms with Crippen LogP contribution in [-0.2, 0) is 20.8 Å². The molecule has 1 atom stereocenters. The van der Waals surface area contributed by atoms with Gasteiger partial charge in [0.1, 0.15) is 17.3 Å². The molecule has 0 saturated heterocycles. The van der Waals surface area contributed by atoms with Crippen molar-refractivity contribution >= 4 is 33.3 Å². The molecule has 0 aliphatic carbocycles. The zero-order valence-electron chi connectivity index (χ0n) is 14.8. The van der Waals surface area contributed by atoms with Crippen LogP contribution in [0.3, 0.4) is 0 Å². The Bertz CT molecular complexity index is 561. The molecule has 0 aromatic heterocycles. The van der Waals surface area contributed by atoms with Crippen LogP contribution < -0.4 is 0 Å². The number of halogens is 1. The van der Waals surface area contributed by atoms with Gasteiger partial charge in [0.05, 0.1) is 0 Å². The Morgan fingerprint density at radius 2 is 1.62 bits per heavy atom. The molecule has 4 heteroatoms. The van der Waals surface area contributed by atoms with Crippen LogP contribution >= 0.6 is 15.9 Å². The zero-order valence-corrected chi connectivity index (χ0v) is 16.4. The number of hydrogen-bond acceptors (Lipinski definition) is 3. The Balaban J connectivity index is 2.53. The van der Waals surface area contributed by atoms with E-state index in [0.29, 0.717) is 38.0 Å².